The highest BCUT2D eigenvalue weighted by atomic mass is 35.5. The number of carbonyl (C=O) groups excluding carboxylic acids is 2. The third kappa shape index (κ3) is 7.68. The Morgan fingerprint density at radius 3 is 2.38 bits per heavy atom. The van der Waals surface area contributed by atoms with Crippen molar-refractivity contribution in [2.45, 2.75) is 44.2 Å². The van der Waals surface area contributed by atoms with Gasteiger partial charge in [0.1, 0.15) is 18.3 Å². The molecule has 0 aliphatic carbocycles. The van der Waals surface area contributed by atoms with Gasteiger partial charge in [-0.05, 0) is 55.3 Å². The van der Waals surface area contributed by atoms with Crippen molar-refractivity contribution < 1.29 is 22.7 Å². The van der Waals surface area contributed by atoms with Gasteiger partial charge in [0.2, 0.25) is 11.8 Å². The van der Waals surface area contributed by atoms with E-state index in [1.165, 1.54) is 36.3 Å². The number of amides is 2. The number of hydrogen-bond acceptors (Lipinski definition) is 5. The van der Waals surface area contributed by atoms with Crippen LogP contribution in [0.15, 0.2) is 77.7 Å². The average molecular weight is 607 g/mol. The molecule has 0 aliphatic rings. The highest BCUT2D eigenvalue weighted by Gasteiger charge is 2.33. The number of methoxy groups -OCH3 is 1. The van der Waals surface area contributed by atoms with Gasteiger partial charge in [-0.3, -0.25) is 13.9 Å². The quantitative estimate of drug-likeness (QED) is 0.258. The molecule has 0 radical (unpaired) electrons. The van der Waals surface area contributed by atoms with Gasteiger partial charge in [-0.2, -0.15) is 0 Å². The summed E-state index contributed by atoms with van der Waals surface area (Å²) in [6.45, 7) is 3.51. The molecule has 0 saturated heterocycles. The maximum atomic E-state index is 14.0. The summed E-state index contributed by atoms with van der Waals surface area (Å²) in [5, 5.41) is 2.98. The van der Waals surface area contributed by atoms with Crippen molar-refractivity contribution in [3.05, 3.63) is 88.4 Å². The Kier molecular flexibility index (Phi) is 11.2. The molecule has 0 bridgehead atoms. The van der Waals surface area contributed by atoms with Crippen LogP contribution in [-0.4, -0.2) is 51.4 Å². The minimum absolute atomic E-state index is 0.0128. The van der Waals surface area contributed by atoms with Gasteiger partial charge in [0.05, 0.1) is 27.7 Å². The van der Waals surface area contributed by atoms with Crippen LogP contribution < -0.4 is 14.4 Å². The van der Waals surface area contributed by atoms with Gasteiger partial charge in [0.25, 0.3) is 10.0 Å². The second-order valence-electron chi connectivity index (χ2n) is 9.09. The van der Waals surface area contributed by atoms with Crippen molar-refractivity contribution >= 4 is 50.7 Å². The molecule has 0 unspecified atom stereocenters. The molecule has 0 saturated carbocycles. The summed E-state index contributed by atoms with van der Waals surface area (Å²) in [5.41, 5.74) is 0.756. The van der Waals surface area contributed by atoms with Gasteiger partial charge in [0, 0.05) is 13.1 Å². The molecule has 11 heteroatoms. The Morgan fingerprint density at radius 1 is 1.00 bits per heavy atom. The predicted molar refractivity (Wildman–Crippen MR) is 158 cm³/mol. The molecule has 3 aromatic rings. The maximum Gasteiger partial charge on any atom is 0.264 e. The van der Waals surface area contributed by atoms with E-state index in [1.54, 1.807) is 55.5 Å². The third-order valence-corrected chi connectivity index (χ3v) is 8.88. The highest BCUT2D eigenvalue weighted by molar-refractivity contribution is 7.92. The molecular weight excluding hydrogens is 573 g/mol. The highest BCUT2D eigenvalue weighted by Crippen LogP contribution is 2.35. The van der Waals surface area contributed by atoms with Gasteiger partial charge in [-0.1, -0.05) is 72.9 Å². The van der Waals surface area contributed by atoms with Gasteiger partial charge >= 0.3 is 0 Å². The fourth-order valence-corrected chi connectivity index (χ4v) is 5.90. The molecule has 1 N–H and O–H groups in total. The minimum Gasteiger partial charge on any atom is -0.497 e. The maximum absolute atomic E-state index is 14.0. The first kappa shape index (κ1) is 31.3. The fourth-order valence-electron chi connectivity index (χ4n) is 4.00. The van der Waals surface area contributed by atoms with Gasteiger partial charge in [-0.15, -0.1) is 0 Å². The van der Waals surface area contributed by atoms with Gasteiger partial charge in [-0.25, -0.2) is 8.42 Å². The van der Waals surface area contributed by atoms with E-state index in [9.17, 15) is 18.0 Å². The van der Waals surface area contributed by atoms with Crippen LogP contribution >= 0.6 is 23.2 Å². The van der Waals surface area contributed by atoms with E-state index >= 15 is 0 Å². The summed E-state index contributed by atoms with van der Waals surface area (Å²) in [7, 11) is -2.71. The van der Waals surface area contributed by atoms with E-state index in [4.69, 9.17) is 27.9 Å². The minimum atomic E-state index is -4.25. The van der Waals surface area contributed by atoms with Crippen molar-refractivity contribution in [3.63, 3.8) is 0 Å². The number of hydrogen-bond donors (Lipinski definition) is 1. The van der Waals surface area contributed by atoms with E-state index in [-0.39, 0.29) is 33.1 Å². The molecule has 0 aliphatic heterocycles. The summed E-state index contributed by atoms with van der Waals surface area (Å²) in [6, 6.07) is 18.5. The zero-order valence-corrected chi connectivity index (χ0v) is 25.0. The lowest BCUT2D eigenvalue weighted by Gasteiger charge is -2.32. The first-order valence-corrected chi connectivity index (χ1v) is 15.0. The smallest absolute Gasteiger partial charge is 0.264 e. The topological polar surface area (TPSA) is 96.0 Å². The number of carbonyl (C=O) groups is 2. The molecule has 3 rings (SSSR count). The molecule has 0 aromatic heterocycles. The molecule has 8 nitrogen and oxygen atoms in total. The lowest BCUT2D eigenvalue weighted by molar-refractivity contribution is -0.139. The summed E-state index contributed by atoms with van der Waals surface area (Å²) >= 11 is 12.7. The Bertz CT molecular complexity index is 1420. The average Bonchev–Trinajstić information content (AvgIpc) is 2.96. The number of nitrogens with zero attached hydrogens (tertiary/aromatic N) is 2. The molecule has 2 amide bonds. The Morgan fingerprint density at radius 2 is 1.70 bits per heavy atom. The molecule has 3 aromatic carbocycles. The van der Waals surface area contributed by atoms with Crippen LogP contribution in [0.3, 0.4) is 0 Å². The Hall–Kier alpha value is -3.27. The number of unbranched alkanes of at least 4 members (excludes halogenated alkanes) is 1. The molecule has 40 heavy (non-hydrogen) atoms. The predicted octanol–water partition coefficient (Wildman–Crippen LogP) is 5.53. The number of anilines is 1. The van der Waals surface area contributed by atoms with Crippen LogP contribution in [0.5, 0.6) is 5.75 Å². The molecular formula is C29H33Cl2N3O5S. The number of ether oxygens (including phenoxy) is 1. The van der Waals surface area contributed by atoms with Crippen LogP contribution in [-0.2, 0) is 26.2 Å². The Labute approximate surface area is 245 Å². The zero-order chi connectivity index (χ0) is 29.3. The number of halogens is 2. The van der Waals surface area contributed by atoms with E-state index < -0.39 is 28.5 Å². The van der Waals surface area contributed by atoms with E-state index in [2.05, 4.69) is 5.32 Å². The summed E-state index contributed by atoms with van der Waals surface area (Å²) in [4.78, 5) is 28.3. The number of sulfonamides is 1. The van der Waals surface area contributed by atoms with Crippen molar-refractivity contribution in [2.75, 3.05) is 24.5 Å². The van der Waals surface area contributed by atoms with Crippen molar-refractivity contribution in [3.8, 4) is 5.75 Å². The van der Waals surface area contributed by atoms with Crippen LogP contribution in [0.1, 0.15) is 32.3 Å². The largest absolute Gasteiger partial charge is 0.497 e. The van der Waals surface area contributed by atoms with E-state index in [0.717, 1.165) is 17.1 Å². The van der Waals surface area contributed by atoms with Gasteiger partial charge in [0.15, 0.2) is 0 Å². The van der Waals surface area contributed by atoms with Crippen molar-refractivity contribution in [2.24, 2.45) is 0 Å². The second kappa shape index (κ2) is 14.4. The molecule has 214 valence electrons. The summed E-state index contributed by atoms with van der Waals surface area (Å²) in [5.74, 6) is -0.358. The fraction of sp³-hybridized carbons (Fsp3) is 0.310. The van der Waals surface area contributed by atoms with Crippen LogP contribution in [0.4, 0.5) is 5.69 Å². The lowest BCUT2D eigenvalue weighted by Crippen LogP contribution is -2.51. The van der Waals surface area contributed by atoms with Crippen LogP contribution in [0.2, 0.25) is 10.0 Å². The number of rotatable bonds is 13. The standard InChI is InChI=1S/C29H33Cl2N3O5S/c1-4-5-17-32-29(36)21(2)33(19-22-11-9-12-23(18-22)39-3)27(35)20-34(26-16-10-15-25(30)28(26)31)40(37,38)24-13-7-6-8-14-24/h6-16,18,21H,4-5,17,19-20H2,1-3H3,(H,32,36)/t21-/m0/s1. The molecule has 0 spiro atoms. The molecule has 0 heterocycles. The number of benzene rings is 3. The molecule has 0 fully saturated rings. The van der Waals surface area contributed by atoms with E-state index in [1.807, 2.05) is 6.92 Å². The van der Waals surface area contributed by atoms with Crippen molar-refractivity contribution in [1.29, 1.82) is 0 Å². The van der Waals surface area contributed by atoms with Gasteiger partial charge < -0.3 is 15.0 Å². The summed E-state index contributed by atoms with van der Waals surface area (Å²) in [6.07, 6.45) is 1.69. The molecule has 1 atom stereocenters. The first-order valence-electron chi connectivity index (χ1n) is 12.8. The summed E-state index contributed by atoms with van der Waals surface area (Å²) < 4.78 is 33.9. The lowest BCUT2D eigenvalue weighted by atomic mass is 10.1. The first-order chi connectivity index (χ1) is 19.1. The van der Waals surface area contributed by atoms with Crippen LogP contribution in [0, 0.1) is 0 Å². The van der Waals surface area contributed by atoms with E-state index in [0.29, 0.717) is 17.9 Å². The number of nitrogens with one attached hydrogen (secondary N) is 1. The Balaban J connectivity index is 2.04. The second-order valence-corrected chi connectivity index (χ2v) is 11.7. The SMILES string of the molecule is CCCCNC(=O)[C@H](C)N(Cc1cccc(OC)c1)C(=O)CN(c1cccc(Cl)c1Cl)S(=O)(=O)c1ccccc1. The third-order valence-electron chi connectivity index (χ3n) is 6.29. The normalized spacial score (nSPS) is 11.9. The monoisotopic (exact) mass is 605 g/mol. The van der Waals surface area contributed by atoms with Crippen molar-refractivity contribution in [1.82, 2.24) is 10.2 Å². The zero-order valence-electron chi connectivity index (χ0n) is 22.6. The van der Waals surface area contributed by atoms with Crippen LogP contribution in [0.25, 0.3) is 0 Å².